The molecule has 15 heavy (non-hydrogen) atoms. The van der Waals surface area contributed by atoms with Gasteiger partial charge in [0.15, 0.2) is 0 Å². The molecular formula is C13H17NO. The van der Waals surface area contributed by atoms with E-state index in [1.165, 1.54) is 19.3 Å². The second-order valence-corrected chi connectivity index (χ2v) is 5.41. The van der Waals surface area contributed by atoms with Gasteiger partial charge in [0, 0.05) is 13.0 Å². The highest BCUT2D eigenvalue weighted by Crippen LogP contribution is 2.69. The van der Waals surface area contributed by atoms with Crippen molar-refractivity contribution in [2.75, 3.05) is 13.6 Å². The Bertz CT molecular complexity index is 327. The standard InChI is InChI=1S/C13H17NO/c1-3-6-14(2)13(15)12-10-8-4-5-9(7-8)11(10)12/h1,8-12H,4-7H2,2H3. The lowest BCUT2D eigenvalue weighted by Gasteiger charge is -2.16. The predicted molar refractivity (Wildman–Crippen MR) is 57.8 cm³/mol. The van der Waals surface area contributed by atoms with Gasteiger partial charge in [0.2, 0.25) is 5.91 Å². The van der Waals surface area contributed by atoms with E-state index in [-0.39, 0.29) is 0 Å². The number of nitrogens with zero attached hydrogens (tertiary/aromatic N) is 1. The van der Waals surface area contributed by atoms with Crippen molar-refractivity contribution in [1.29, 1.82) is 0 Å². The van der Waals surface area contributed by atoms with Crippen molar-refractivity contribution in [2.24, 2.45) is 29.6 Å². The molecule has 3 aliphatic rings. The Kier molecular flexibility index (Phi) is 1.86. The van der Waals surface area contributed by atoms with E-state index in [1.54, 1.807) is 4.90 Å². The van der Waals surface area contributed by atoms with Crippen LogP contribution in [0.5, 0.6) is 0 Å². The molecule has 0 aromatic carbocycles. The van der Waals surface area contributed by atoms with Gasteiger partial charge in [-0.1, -0.05) is 5.92 Å². The van der Waals surface area contributed by atoms with Gasteiger partial charge in [-0.05, 0) is 42.9 Å². The van der Waals surface area contributed by atoms with Gasteiger partial charge < -0.3 is 4.90 Å². The third-order valence-electron chi connectivity index (χ3n) is 4.73. The summed E-state index contributed by atoms with van der Waals surface area (Å²) in [5.41, 5.74) is 0. The summed E-state index contributed by atoms with van der Waals surface area (Å²) in [4.78, 5) is 13.8. The molecule has 0 N–H and O–H groups in total. The fraction of sp³-hybridized carbons (Fsp3) is 0.769. The number of carbonyl (C=O) groups excluding carboxylic acids is 1. The summed E-state index contributed by atoms with van der Waals surface area (Å²) in [6.45, 7) is 0.462. The number of terminal acetylenes is 1. The molecule has 1 amide bonds. The Balaban J connectivity index is 1.68. The minimum atomic E-state index is 0.305. The second kappa shape index (κ2) is 3.01. The van der Waals surface area contributed by atoms with Crippen molar-refractivity contribution in [3.05, 3.63) is 0 Å². The van der Waals surface area contributed by atoms with Crippen LogP contribution in [0, 0.1) is 41.9 Å². The Labute approximate surface area is 91.0 Å². The van der Waals surface area contributed by atoms with Crippen molar-refractivity contribution < 1.29 is 4.79 Å². The third-order valence-corrected chi connectivity index (χ3v) is 4.73. The molecule has 3 fully saturated rings. The Morgan fingerprint density at radius 2 is 2.00 bits per heavy atom. The zero-order valence-corrected chi connectivity index (χ0v) is 9.15. The first-order chi connectivity index (χ1) is 7.24. The molecule has 4 unspecified atom stereocenters. The van der Waals surface area contributed by atoms with E-state index >= 15 is 0 Å². The highest BCUT2D eigenvalue weighted by molar-refractivity contribution is 5.83. The molecule has 80 valence electrons. The third kappa shape index (κ3) is 1.16. The van der Waals surface area contributed by atoms with E-state index in [4.69, 9.17) is 6.42 Å². The monoisotopic (exact) mass is 203 g/mol. The topological polar surface area (TPSA) is 20.3 Å². The van der Waals surface area contributed by atoms with Gasteiger partial charge in [-0.15, -0.1) is 6.42 Å². The summed E-state index contributed by atoms with van der Waals surface area (Å²) in [5, 5.41) is 0. The molecule has 0 aliphatic heterocycles. The molecule has 3 rings (SSSR count). The second-order valence-electron chi connectivity index (χ2n) is 5.41. The van der Waals surface area contributed by atoms with E-state index in [1.807, 2.05) is 7.05 Å². The van der Waals surface area contributed by atoms with Crippen LogP contribution in [-0.4, -0.2) is 24.4 Å². The van der Waals surface area contributed by atoms with Gasteiger partial charge in [-0.2, -0.15) is 0 Å². The summed E-state index contributed by atoms with van der Waals surface area (Å²) >= 11 is 0. The van der Waals surface area contributed by atoms with Gasteiger partial charge in [0.05, 0.1) is 6.54 Å². The van der Waals surface area contributed by atoms with Crippen molar-refractivity contribution in [1.82, 2.24) is 4.90 Å². The minimum absolute atomic E-state index is 0.305. The first-order valence-electron chi connectivity index (χ1n) is 5.92. The molecule has 2 bridgehead atoms. The van der Waals surface area contributed by atoms with E-state index in [9.17, 15) is 4.79 Å². The van der Waals surface area contributed by atoms with Crippen LogP contribution < -0.4 is 0 Å². The fourth-order valence-electron chi connectivity index (χ4n) is 4.12. The maximum absolute atomic E-state index is 12.1. The first kappa shape index (κ1) is 9.27. The smallest absolute Gasteiger partial charge is 0.226 e. The van der Waals surface area contributed by atoms with Crippen LogP contribution in [0.4, 0.5) is 0 Å². The van der Waals surface area contributed by atoms with Crippen LogP contribution in [0.25, 0.3) is 0 Å². The molecule has 3 saturated carbocycles. The van der Waals surface area contributed by atoms with Gasteiger partial charge in [-0.3, -0.25) is 4.79 Å². The zero-order valence-electron chi connectivity index (χ0n) is 9.15. The Hall–Kier alpha value is -0.970. The van der Waals surface area contributed by atoms with Crippen molar-refractivity contribution >= 4 is 5.91 Å². The number of rotatable bonds is 2. The number of hydrogen-bond donors (Lipinski definition) is 0. The summed E-state index contributed by atoms with van der Waals surface area (Å²) < 4.78 is 0. The molecule has 2 nitrogen and oxygen atoms in total. The quantitative estimate of drug-likeness (QED) is 0.621. The normalized spacial score (nSPS) is 44.7. The predicted octanol–water partition coefficient (Wildman–Crippen LogP) is 1.37. The lowest BCUT2D eigenvalue weighted by atomic mass is 10.0. The van der Waals surface area contributed by atoms with Gasteiger partial charge >= 0.3 is 0 Å². The fourth-order valence-corrected chi connectivity index (χ4v) is 4.12. The lowest BCUT2D eigenvalue weighted by Crippen LogP contribution is -2.30. The summed E-state index contributed by atoms with van der Waals surface area (Å²) in [6.07, 6.45) is 9.37. The van der Waals surface area contributed by atoms with E-state index in [0.717, 1.165) is 23.7 Å². The van der Waals surface area contributed by atoms with E-state index in [0.29, 0.717) is 18.4 Å². The van der Waals surface area contributed by atoms with Crippen molar-refractivity contribution in [2.45, 2.75) is 19.3 Å². The summed E-state index contributed by atoms with van der Waals surface area (Å²) in [5.74, 6) is 6.39. The Morgan fingerprint density at radius 3 is 2.53 bits per heavy atom. The molecule has 2 heteroatoms. The molecular weight excluding hydrogens is 186 g/mol. The highest BCUT2D eigenvalue weighted by atomic mass is 16.2. The average Bonchev–Trinajstić information content (AvgIpc) is 2.65. The van der Waals surface area contributed by atoms with E-state index in [2.05, 4.69) is 5.92 Å². The molecule has 0 aromatic rings. The van der Waals surface area contributed by atoms with Gasteiger partial charge in [0.1, 0.15) is 0 Å². The van der Waals surface area contributed by atoms with Crippen LogP contribution in [-0.2, 0) is 4.79 Å². The van der Waals surface area contributed by atoms with Gasteiger partial charge in [-0.25, -0.2) is 0 Å². The van der Waals surface area contributed by atoms with Crippen molar-refractivity contribution in [3.8, 4) is 12.3 Å². The number of amides is 1. The maximum atomic E-state index is 12.1. The number of carbonyl (C=O) groups is 1. The molecule has 0 saturated heterocycles. The molecule has 0 aromatic heterocycles. The molecule has 4 atom stereocenters. The highest BCUT2D eigenvalue weighted by Gasteiger charge is 2.67. The SMILES string of the molecule is C#CCN(C)C(=O)C1C2C3CCC(C3)C12. The Morgan fingerprint density at radius 1 is 1.40 bits per heavy atom. The largest absolute Gasteiger partial charge is 0.334 e. The maximum Gasteiger partial charge on any atom is 0.226 e. The van der Waals surface area contributed by atoms with Crippen LogP contribution in [0.2, 0.25) is 0 Å². The first-order valence-corrected chi connectivity index (χ1v) is 5.92. The van der Waals surface area contributed by atoms with Gasteiger partial charge in [0.25, 0.3) is 0 Å². The van der Waals surface area contributed by atoms with Crippen LogP contribution >= 0.6 is 0 Å². The van der Waals surface area contributed by atoms with Crippen LogP contribution in [0.1, 0.15) is 19.3 Å². The summed E-state index contributed by atoms with van der Waals surface area (Å²) in [7, 11) is 1.83. The van der Waals surface area contributed by atoms with Crippen LogP contribution in [0.3, 0.4) is 0 Å². The number of fused-ring (bicyclic) bond motifs is 5. The average molecular weight is 203 g/mol. The number of hydrogen-bond acceptors (Lipinski definition) is 1. The van der Waals surface area contributed by atoms with E-state index < -0.39 is 0 Å². The molecule has 3 aliphatic carbocycles. The summed E-state index contributed by atoms with van der Waals surface area (Å²) in [6, 6.07) is 0. The minimum Gasteiger partial charge on any atom is -0.334 e. The molecule has 0 heterocycles. The van der Waals surface area contributed by atoms with Crippen LogP contribution in [0.15, 0.2) is 0 Å². The lowest BCUT2D eigenvalue weighted by molar-refractivity contribution is -0.131. The van der Waals surface area contributed by atoms with Crippen molar-refractivity contribution in [3.63, 3.8) is 0 Å². The molecule has 0 spiro atoms. The molecule has 0 radical (unpaired) electrons. The zero-order chi connectivity index (χ0) is 10.6.